The zero-order chi connectivity index (χ0) is 15.4. The van der Waals surface area contributed by atoms with Crippen LogP contribution in [-0.4, -0.2) is 17.6 Å². The summed E-state index contributed by atoms with van der Waals surface area (Å²) in [7, 11) is 0. The molecule has 1 aromatic carbocycles. The Labute approximate surface area is 121 Å². The van der Waals surface area contributed by atoms with Crippen LogP contribution in [0.25, 0.3) is 0 Å². The van der Waals surface area contributed by atoms with Crippen molar-refractivity contribution < 1.29 is 23.1 Å². The largest absolute Gasteiger partial charge is 0.394 e. The first-order valence-electron chi connectivity index (χ1n) is 7.08. The van der Waals surface area contributed by atoms with Gasteiger partial charge >= 0.3 is 0 Å². The first-order valence-corrected chi connectivity index (χ1v) is 7.08. The highest BCUT2D eigenvalue weighted by atomic mass is 19.2. The standard InChI is InChI=1S/C15H18F3NO2/c16-11-6-10(7-12(17)14(11)18)13(8-20)19-15(21)9-4-2-1-3-5-9/h6-7,9,13,20H,1-5,8H2,(H,19,21). The number of aliphatic hydroxyl groups excluding tert-OH is 1. The van der Waals surface area contributed by atoms with Crippen LogP contribution in [0.5, 0.6) is 0 Å². The average Bonchev–Trinajstić information content (AvgIpc) is 2.50. The van der Waals surface area contributed by atoms with Gasteiger partial charge in [0, 0.05) is 5.92 Å². The van der Waals surface area contributed by atoms with Crippen LogP contribution in [0, 0.1) is 23.4 Å². The van der Waals surface area contributed by atoms with Gasteiger partial charge < -0.3 is 10.4 Å². The maximum Gasteiger partial charge on any atom is 0.223 e. The number of aliphatic hydroxyl groups is 1. The van der Waals surface area contributed by atoms with E-state index in [1.54, 1.807) is 0 Å². The van der Waals surface area contributed by atoms with Crippen molar-refractivity contribution in [1.29, 1.82) is 0 Å². The SMILES string of the molecule is O=C(NC(CO)c1cc(F)c(F)c(F)c1)C1CCCCC1. The van der Waals surface area contributed by atoms with Gasteiger partial charge in [-0.25, -0.2) is 13.2 Å². The number of hydrogen-bond acceptors (Lipinski definition) is 2. The first kappa shape index (κ1) is 15.8. The molecule has 2 N–H and O–H groups in total. The highest BCUT2D eigenvalue weighted by Gasteiger charge is 2.25. The summed E-state index contributed by atoms with van der Waals surface area (Å²) in [5.41, 5.74) is 0.0121. The topological polar surface area (TPSA) is 49.3 Å². The Morgan fingerprint density at radius 2 is 1.76 bits per heavy atom. The molecule has 1 aliphatic carbocycles. The minimum atomic E-state index is -1.56. The lowest BCUT2D eigenvalue weighted by molar-refractivity contribution is -0.127. The third kappa shape index (κ3) is 3.75. The monoisotopic (exact) mass is 301 g/mol. The van der Waals surface area contributed by atoms with Crippen molar-refractivity contribution in [2.75, 3.05) is 6.61 Å². The third-order valence-corrected chi connectivity index (χ3v) is 3.88. The molecule has 0 spiro atoms. The van der Waals surface area contributed by atoms with E-state index >= 15 is 0 Å². The molecule has 0 saturated heterocycles. The third-order valence-electron chi connectivity index (χ3n) is 3.88. The zero-order valence-corrected chi connectivity index (χ0v) is 11.5. The maximum atomic E-state index is 13.2. The van der Waals surface area contributed by atoms with Crippen LogP contribution in [0.15, 0.2) is 12.1 Å². The van der Waals surface area contributed by atoms with Gasteiger partial charge in [0.15, 0.2) is 17.5 Å². The van der Waals surface area contributed by atoms with Crippen LogP contribution in [0.3, 0.4) is 0 Å². The summed E-state index contributed by atoms with van der Waals surface area (Å²) in [6.45, 7) is -0.511. The molecule has 1 fully saturated rings. The number of benzene rings is 1. The summed E-state index contributed by atoms with van der Waals surface area (Å²) >= 11 is 0. The van der Waals surface area contributed by atoms with Gasteiger partial charge in [0.05, 0.1) is 12.6 Å². The zero-order valence-electron chi connectivity index (χ0n) is 11.5. The molecule has 1 aromatic rings. The van der Waals surface area contributed by atoms with E-state index in [-0.39, 0.29) is 17.4 Å². The lowest BCUT2D eigenvalue weighted by Crippen LogP contribution is -2.36. The molecule has 0 bridgehead atoms. The summed E-state index contributed by atoms with van der Waals surface area (Å²) < 4.78 is 39.4. The lowest BCUT2D eigenvalue weighted by atomic mass is 9.88. The Bertz CT molecular complexity index is 493. The van der Waals surface area contributed by atoms with Crippen LogP contribution < -0.4 is 5.32 Å². The van der Waals surface area contributed by atoms with Crippen molar-refractivity contribution in [2.24, 2.45) is 5.92 Å². The Kier molecular flexibility index (Phi) is 5.22. The number of hydrogen-bond donors (Lipinski definition) is 2. The number of rotatable bonds is 4. The fourth-order valence-corrected chi connectivity index (χ4v) is 2.67. The van der Waals surface area contributed by atoms with Crippen molar-refractivity contribution in [2.45, 2.75) is 38.1 Å². The van der Waals surface area contributed by atoms with Crippen molar-refractivity contribution in [3.63, 3.8) is 0 Å². The summed E-state index contributed by atoms with van der Waals surface area (Å²) in [6.07, 6.45) is 4.59. The molecule has 1 amide bonds. The average molecular weight is 301 g/mol. The molecule has 0 radical (unpaired) electrons. The van der Waals surface area contributed by atoms with E-state index in [9.17, 15) is 23.1 Å². The van der Waals surface area contributed by atoms with Gasteiger partial charge in [-0.15, -0.1) is 0 Å². The predicted octanol–water partition coefficient (Wildman–Crippen LogP) is 2.83. The van der Waals surface area contributed by atoms with Crippen LogP contribution in [0.1, 0.15) is 43.7 Å². The minimum Gasteiger partial charge on any atom is -0.394 e. The van der Waals surface area contributed by atoms with Crippen LogP contribution in [0.4, 0.5) is 13.2 Å². The number of halogens is 3. The van der Waals surface area contributed by atoms with E-state index in [4.69, 9.17) is 0 Å². The molecule has 116 valence electrons. The highest BCUT2D eigenvalue weighted by molar-refractivity contribution is 5.79. The van der Waals surface area contributed by atoms with Crippen molar-refractivity contribution >= 4 is 5.91 Å². The molecule has 2 rings (SSSR count). The Morgan fingerprint density at radius 1 is 1.19 bits per heavy atom. The molecular formula is C15H18F3NO2. The lowest BCUT2D eigenvalue weighted by Gasteiger charge is -2.24. The second-order valence-electron chi connectivity index (χ2n) is 5.38. The van der Waals surface area contributed by atoms with E-state index < -0.39 is 30.1 Å². The molecule has 3 nitrogen and oxygen atoms in total. The Hall–Kier alpha value is -1.56. The van der Waals surface area contributed by atoms with Crippen molar-refractivity contribution in [3.05, 3.63) is 35.1 Å². The van der Waals surface area contributed by atoms with E-state index in [1.165, 1.54) is 0 Å². The molecule has 1 saturated carbocycles. The van der Waals surface area contributed by atoms with Crippen LogP contribution in [-0.2, 0) is 4.79 Å². The van der Waals surface area contributed by atoms with Crippen LogP contribution in [0.2, 0.25) is 0 Å². The van der Waals surface area contributed by atoms with Crippen LogP contribution >= 0.6 is 0 Å². The minimum absolute atomic E-state index is 0.0121. The Morgan fingerprint density at radius 3 is 2.29 bits per heavy atom. The smallest absolute Gasteiger partial charge is 0.223 e. The van der Waals surface area contributed by atoms with Gasteiger partial charge in [-0.2, -0.15) is 0 Å². The van der Waals surface area contributed by atoms with Crippen molar-refractivity contribution in [3.8, 4) is 0 Å². The van der Waals surface area contributed by atoms with Gasteiger partial charge in [-0.3, -0.25) is 4.79 Å². The highest BCUT2D eigenvalue weighted by Crippen LogP contribution is 2.25. The van der Waals surface area contributed by atoms with E-state index in [2.05, 4.69) is 5.32 Å². The van der Waals surface area contributed by atoms with Crippen molar-refractivity contribution in [1.82, 2.24) is 5.32 Å². The second kappa shape index (κ2) is 6.93. The first-order chi connectivity index (χ1) is 10.0. The Balaban J connectivity index is 2.10. The fourth-order valence-electron chi connectivity index (χ4n) is 2.67. The molecule has 1 atom stereocenters. The molecule has 1 unspecified atom stereocenters. The molecule has 21 heavy (non-hydrogen) atoms. The molecule has 0 heterocycles. The van der Waals surface area contributed by atoms with E-state index in [0.29, 0.717) is 0 Å². The summed E-state index contributed by atoms with van der Waals surface area (Å²) in [5, 5.41) is 11.9. The molecule has 1 aliphatic rings. The van der Waals surface area contributed by atoms with Gasteiger partial charge in [0.2, 0.25) is 5.91 Å². The fraction of sp³-hybridized carbons (Fsp3) is 0.533. The summed E-state index contributed by atoms with van der Waals surface area (Å²) in [6, 6.07) is 0.644. The number of amides is 1. The van der Waals surface area contributed by atoms with Gasteiger partial charge in [-0.1, -0.05) is 19.3 Å². The predicted molar refractivity (Wildman–Crippen MR) is 70.9 cm³/mol. The molecular weight excluding hydrogens is 283 g/mol. The van der Waals surface area contributed by atoms with E-state index in [1.807, 2.05) is 0 Å². The summed E-state index contributed by atoms with van der Waals surface area (Å²) in [4.78, 5) is 12.1. The number of carbonyl (C=O) groups is 1. The molecule has 6 heteroatoms. The van der Waals surface area contributed by atoms with Gasteiger partial charge in [0.25, 0.3) is 0 Å². The van der Waals surface area contributed by atoms with E-state index in [0.717, 1.165) is 44.2 Å². The second-order valence-corrected chi connectivity index (χ2v) is 5.38. The number of carbonyl (C=O) groups excluding carboxylic acids is 1. The summed E-state index contributed by atoms with van der Waals surface area (Å²) in [5.74, 6) is -4.61. The molecule has 0 aliphatic heterocycles. The van der Waals surface area contributed by atoms with Gasteiger partial charge in [0.1, 0.15) is 0 Å². The number of nitrogens with one attached hydrogen (secondary N) is 1. The maximum absolute atomic E-state index is 13.2. The quantitative estimate of drug-likeness (QED) is 0.840. The van der Waals surface area contributed by atoms with Gasteiger partial charge in [-0.05, 0) is 30.5 Å². The normalized spacial score (nSPS) is 17.5. The molecule has 0 aromatic heterocycles.